The molecule has 1 aliphatic heterocycles. The smallest absolute Gasteiger partial charge is 0.392 e. The molecule has 9 heteroatoms. The van der Waals surface area contributed by atoms with Gasteiger partial charge in [0.1, 0.15) is 0 Å². The number of aliphatic hydroxyl groups is 1. The van der Waals surface area contributed by atoms with E-state index in [2.05, 4.69) is 5.32 Å². The summed E-state index contributed by atoms with van der Waals surface area (Å²) < 4.78 is 39.1. The highest BCUT2D eigenvalue weighted by Crippen LogP contribution is 2.30. The number of aliphatic hydroxyl groups excluding tert-OH is 1. The number of nitrogens with zero attached hydrogens (tertiary/aromatic N) is 2. The van der Waals surface area contributed by atoms with Crippen LogP contribution in [0.2, 0.25) is 0 Å². The average Bonchev–Trinajstić information content (AvgIpc) is 3.16. The van der Waals surface area contributed by atoms with Gasteiger partial charge in [-0.05, 0) is 35.7 Å². The molecule has 2 amide bonds. The highest BCUT2D eigenvalue weighted by Gasteiger charge is 2.31. The van der Waals surface area contributed by atoms with E-state index in [0.29, 0.717) is 38.2 Å². The molecule has 6 nitrogen and oxygen atoms in total. The molecule has 0 bridgehead atoms. The fourth-order valence-electron chi connectivity index (χ4n) is 3.91. The number of likely N-dealkylation sites (N-methyl/N-ethyl adjacent to an activating group) is 1. The summed E-state index contributed by atoms with van der Waals surface area (Å²) in [6, 6.07) is 11.4. The Labute approximate surface area is 184 Å². The van der Waals surface area contributed by atoms with E-state index in [1.54, 1.807) is 25.2 Å². The number of carbonyl (C=O) groups excluding carboxylic acids is 2. The monoisotopic (exact) mass is 449 g/mol. The highest BCUT2D eigenvalue weighted by molar-refractivity contribution is 5.79. The summed E-state index contributed by atoms with van der Waals surface area (Å²) in [6.45, 7) is 1.62. The van der Waals surface area contributed by atoms with Gasteiger partial charge in [0.05, 0.1) is 24.1 Å². The van der Waals surface area contributed by atoms with Gasteiger partial charge in [-0.15, -0.1) is 0 Å². The predicted molar refractivity (Wildman–Crippen MR) is 114 cm³/mol. The molecule has 0 aliphatic carbocycles. The van der Waals surface area contributed by atoms with E-state index < -0.39 is 23.9 Å². The SMILES string of the molecule is CN(C(=O)Cc1cccc(C(F)(F)F)c1)C(CN1CCC(O)C1)c1cccc(NC=O)c1. The molecule has 1 aliphatic rings. The van der Waals surface area contributed by atoms with Gasteiger partial charge in [-0.25, -0.2) is 0 Å². The zero-order valence-electron chi connectivity index (χ0n) is 17.7. The number of rotatable bonds is 8. The fraction of sp³-hybridized carbons (Fsp3) is 0.391. The summed E-state index contributed by atoms with van der Waals surface area (Å²) >= 11 is 0. The summed E-state index contributed by atoms with van der Waals surface area (Å²) in [4.78, 5) is 27.4. The summed E-state index contributed by atoms with van der Waals surface area (Å²) in [5, 5.41) is 12.5. The van der Waals surface area contributed by atoms with Crippen LogP contribution in [-0.4, -0.2) is 60.0 Å². The number of benzene rings is 2. The third-order valence-electron chi connectivity index (χ3n) is 5.65. The van der Waals surface area contributed by atoms with Crippen molar-refractivity contribution in [1.82, 2.24) is 9.80 Å². The van der Waals surface area contributed by atoms with Crippen LogP contribution in [0.5, 0.6) is 0 Å². The van der Waals surface area contributed by atoms with E-state index in [1.807, 2.05) is 11.0 Å². The molecule has 3 rings (SSSR count). The van der Waals surface area contributed by atoms with E-state index in [1.165, 1.54) is 17.0 Å². The molecule has 0 spiro atoms. The Morgan fingerprint density at radius 1 is 1.28 bits per heavy atom. The third-order valence-corrected chi connectivity index (χ3v) is 5.65. The second-order valence-corrected chi connectivity index (χ2v) is 7.99. The molecule has 2 unspecified atom stereocenters. The first kappa shape index (κ1) is 23.7. The van der Waals surface area contributed by atoms with Crippen molar-refractivity contribution in [2.24, 2.45) is 0 Å². The molecule has 2 aromatic carbocycles. The summed E-state index contributed by atoms with van der Waals surface area (Å²) in [5.74, 6) is -0.331. The maximum atomic E-state index is 13.0. The molecule has 0 saturated carbocycles. The normalized spacial score (nSPS) is 17.7. The van der Waals surface area contributed by atoms with Gasteiger partial charge < -0.3 is 15.3 Å². The Balaban J connectivity index is 1.82. The lowest BCUT2D eigenvalue weighted by Gasteiger charge is -2.32. The summed E-state index contributed by atoms with van der Waals surface area (Å²) in [7, 11) is 1.62. The van der Waals surface area contributed by atoms with Crippen LogP contribution in [0.4, 0.5) is 18.9 Å². The highest BCUT2D eigenvalue weighted by atomic mass is 19.4. The largest absolute Gasteiger partial charge is 0.416 e. The molecule has 0 radical (unpaired) electrons. The van der Waals surface area contributed by atoms with Gasteiger partial charge in [-0.2, -0.15) is 13.2 Å². The third kappa shape index (κ3) is 6.08. The topological polar surface area (TPSA) is 72.9 Å². The van der Waals surface area contributed by atoms with Crippen molar-refractivity contribution >= 4 is 18.0 Å². The maximum Gasteiger partial charge on any atom is 0.416 e. The van der Waals surface area contributed by atoms with Crippen LogP contribution in [0.15, 0.2) is 48.5 Å². The van der Waals surface area contributed by atoms with Gasteiger partial charge in [0.15, 0.2) is 0 Å². The van der Waals surface area contributed by atoms with Crippen LogP contribution in [0, 0.1) is 0 Å². The van der Waals surface area contributed by atoms with Crippen molar-refractivity contribution in [2.45, 2.75) is 31.2 Å². The Bertz CT molecular complexity index is 951. The number of halogens is 3. The Hall–Kier alpha value is -2.91. The molecule has 2 aromatic rings. The van der Waals surface area contributed by atoms with Crippen LogP contribution >= 0.6 is 0 Å². The first-order valence-corrected chi connectivity index (χ1v) is 10.3. The Morgan fingerprint density at radius 2 is 2.03 bits per heavy atom. The molecule has 1 heterocycles. The first-order valence-electron chi connectivity index (χ1n) is 10.3. The van der Waals surface area contributed by atoms with Crippen molar-refractivity contribution < 1.29 is 27.9 Å². The second-order valence-electron chi connectivity index (χ2n) is 7.99. The van der Waals surface area contributed by atoms with E-state index in [-0.39, 0.29) is 17.9 Å². The molecule has 0 aromatic heterocycles. The minimum Gasteiger partial charge on any atom is -0.392 e. The maximum absolute atomic E-state index is 13.0. The quantitative estimate of drug-likeness (QED) is 0.608. The molecule has 172 valence electrons. The number of β-amino-alcohol motifs (C(OH)–C–C–N with tert-alkyl or cyclic N) is 1. The standard InChI is InChI=1S/C23H26F3N3O3/c1-28(22(32)11-16-4-2-6-18(10-16)23(24,25)26)21(14-29-9-8-20(31)13-29)17-5-3-7-19(12-17)27-15-30/h2-7,10,12,15,20-21,31H,8-9,11,13-14H2,1H3,(H,27,30). The molecule has 2 atom stereocenters. The molecule has 1 fully saturated rings. The van der Waals surface area contributed by atoms with Gasteiger partial charge in [0.2, 0.25) is 12.3 Å². The zero-order valence-corrected chi connectivity index (χ0v) is 17.7. The van der Waals surface area contributed by atoms with Crippen molar-refractivity contribution in [3.8, 4) is 0 Å². The predicted octanol–water partition coefficient (Wildman–Crippen LogP) is 3.08. The second kappa shape index (κ2) is 10.1. The number of alkyl halides is 3. The molecule has 1 saturated heterocycles. The van der Waals surface area contributed by atoms with E-state index in [4.69, 9.17) is 0 Å². The van der Waals surface area contributed by atoms with Crippen molar-refractivity contribution in [3.63, 3.8) is 0 Å². The van der Waals surface area contributed by atoms with Crippen LogP contribution in [0.3, 0.4) is 0 Å². The first-order chi connectivity index (χ1) is 15.2. The molecular formula is C23H26F3N3O3. The number of hydrogen-bond donors (Lipinski definition) is 2. The lowest BCUT2D eigenvalue weighted by Crippen LogP contribution is -2.39. The number of amides is 2. The average molecular weight is 449 g/mol. The number of hydrogen-bond acceptors (Lipinski definition) is 4. The lowest BCUT2D eigenvalue weighted by atomic mass is 10.0. The van der Waals surface area contributed by atoms with Crippen molar-refractivity contribution in [3.05, 3.63) is 65.2 Å². The van der Waals surface area contributed by atoms with Gasteiger partial charge in [-0.3, -0.25) is 14.5 Å². The van der Waals surface area contributed by atoms with Crippen LogP contribution in [0.1, 0.15) is 29.2 Å². The number of likely N-dealkylation sites (tertiary alicyclic amines) is 1. The number of carbonyl (C=O) groups is 2. The van der Waals surface area contributed by atoms with Crippen molar-refractivity contribution in [2.75, 3.05) is 32.0 Å². The number of nitrogens with one attached hydrogen (secondary N) is 1. The Kier molecular flexibility index (Phi) is 7.52. The van der Waals surface area contributed by atoms with Crippen LogP contribution in [-0.2, 0) is 22.2 Å². The summed E-state index contributed by atoms with van der Waals surface area (Å²) in [5.41, 5.74) is 0.838. The molecule has 2 N–H and O–H groups in total. The molecule has 32 heavy (non-hydrogen) atoms. The lowest BCUT2D eigenvalue weighted by molar-refractivity contribution is -0.138. The van der Waals surface area contributed by atoms with Gasteiger partial charge in [0.25, 0.3) is 0 Å². The van der Waals surface area contributed by atoms with E-state index >= 15 is 0 Å². The molecular weight excluding hydrogens is 423 g/mol. The van der Waals surface area contributed by atoms with E-state index in [0.717, 1.165) is 17.7 Å². The minimum absolute atomic E-state index is 0.175. The minimum atomic E-state index is -4.48. The van der Waals surface area contributed by atoms with Crippen LogP contribution in [0.25, 0.3) is 0 Å². The van der Waals surface area contributed by atoms with E-state index in [9.17, 15) is 27.9 Å². The van der Waals surface area contributed by atoms with Crippen molar-refractivity contribution in [1.29, 1.82) is 0 Å². The van der Waals surface area contributed by atoms with Gasteiger partial charge in [0, 0.05) is 32.4 Å². The summed E-state index contributed by atoms with van der Waals surface area (Å²) in [6.07, 6.45) is -3.87. The van der Waals surface area contributed by atoms with Gasteiger partial charge in [-0.1, -0.05) is 30.3 Å². The Morgan fingerprint density at radius 3 is 2.69 bits per heavy atom. The van der Waals surface area contributed by atoms with Crippen LogP contribution < -0.4 is 5.32 Å². The fourth-order valence-corrected chi connectivity index (χ4v) is 3.91. The van der Waals surface area contributed by atoms with Gasteiger partial charge >= 0.3 is 6.18 Å². The number of anilines is 1. The zero-order chi connectivity index (χ0) is 23.3.